The van der Waals surface area contributed by atoms with Gasteiger partial charge in [-0.15, -0.1) is 0 Å². The Morgan fingerprint density at radius 3 is 2.80 bits per heavy atom. The van der Waals surface area contributed by atoms with Crippen LogP contribution >= 0.6 is 0 Å². The van der Waals surface area contributed by atoms with Gasteiger partial charge >= 0.3 is 0 Å². The third kappa shape index (κ3) is 3.37. The summed E-state index contributed by atoms with van der Waals surface area (Å²) in [6.07, 6.45) is 5.08. The molecule has 0 aliphatic heterocycles. The lowest BCUT2D eigenvalue weighted by Crippen LogP contribution is -2.35. The Morgan fingerprint density at radius 2 is 2.20 bits per heavy atom. The molecule has 2 rings (SSSR count). The molecule has 1 heterocycles. The summed E-state index contributed by atoms with van der Waals surface area (Å²) >= 11 is 0. The standard InChI is InChI=1S/C13H18N4O2S/c1-10-3-4-13(12(14)7-10)20(18,19)16-11(2)8-17-6-5-15-9-17/h3-7,9,11,16H,8,14H2,1-2H3. The predicted molar refractivity (Wildman–Crippen MR) is 77.6 cm³/mol. The number of rotatable bonds is 5. The first-order chi connectivity index (χ1) is 9.38. The van der Waals surface area contributed by atoms with E-state index in [9.17, 15) is 8.42 Å². The summed E-state index contributed by atoms with van der Waals surface area (Å²) in [5.74, 6) is 0. The molecule has 1 aromatic carbocycles. The van der Waals surface area contributed by atoms with Gasteiger partial charge in [-0.1, -0.05) is 6.07 Å². The first-order valence-corrected chi connectivity index (χ1v) is 7.71. The fourth-order valence-corrected chi connectivity index (χ4v) is 3.34. The maximum Gasteiger partial charge on any atom is 0.242 e. The minimum absolute atomic E-state index is 0.112. The number of nitrogens with zero attached hydrogens (tertiary/aromatic N) is 2. The van der Waals surface area contributed by atoms with E-state index in [1.54, 1.807) is 37.8 Å². The lowest BCUT2D eigenvalue weighted by Gasteiger charge is -2.16. The molecule has 0 aliphatic rings. The molecule has 0 aliphatic carbocycles. The predicted octanol–water partition coefficient (Wildman–Crippen LogP) is 1.14. The second-order valence-electron chi connectivity index (χ2n) is 4.82. The van der Waals surface area contributed by atoms with Crippen molar-refractivity contribution < 1.29 is 8.42 Å². The van der Waals surface area contributed by atoms with Gasteiger partial charge in [0.05, 0.1) is 12.0 Å². The van der Waals surface area contributed by atoms with E-state index in [-0.39, 0.29) is 16.6 Å². The van der Waals surface area contributed by atoms with Crippen LogP contribution < -0.4 is 10.5 Å². The van der Waals surface area contributed by atoms with E-state index in [0.717, 1.165) is 5.56 Å². The molecule has 0 bridgehead atoms. The molecule has 3 N–H and O–H groups in total. The van der Waals surface area contributed by atoms with Crippen LogP contribution in [0.5, 0.6) is 0 Å². The van der Waals surface area contributed by atoms with E-state index < -0.39 is 10.0 Å². The molecular formula is C13H18N4O2S. The van der Waals surface area contributed by atoms with Crippen molar-refractivity contribution in [2.45, 2.75) is 31.3 Å². The smallest absolute Gasteiger partial charge is 0.242 e. The summed E-state index contributed by atoms with van der Waals surface area (Å²) in [7, 11) is -3.62. The number of nitrogen functional groups attached to an aromatic ring is 1. The van der Waals surface area contributed by atoms with E-state index in [0.29, 0.717) is 6.54 Å². The number of nitrogens with one attached hydrogen (secondary N) is 1. The van der Waals surface area contributed by atoms with E-state index in [2.05, 4.69) is 9.71 Å². The molecular weight excluding hydrogens is 276 g/mol. The molecule has 1 atom stereocenters. The fourth-order valence-electron chi connectivity index (χ4n) is 1.99. The zero-order valence-electron chi connectivity index (χ0n) is 11.4. The van der Waals surface area contributed by atoms with Crippen LogP contribution in [0.3, 0.4) is 0 Å². The number of benzene rings is 1. The molecule has 0 fully saturated rings. The average molecular weight is 294 g/mol. The van der Waals surface area contributed by atoms with Crippen molar-refractivity contribution in [3.63, 3.8) is 0 Å². The second-order valence-corrected chi connectivity index (χ2v) is 6.51. The van der Waals surface area contributed by atoms with Crippen LogP contribution in [-0.4, -0.2) is 24.0 Å². The van der Waals surface area contributed by atoms with Gasteiger partial charge in [0.15, 0.2) is 0 Å². The van der Waals surface area contributed by atoms with Crippen LogP contribution in [0.25, 0.3) is 0 Å². The van der Waals surface area contributed by atoms with Crippen molar-refractivity contribution in [1.29, 1.82) is 0 Å². The molecule has 1 unspecified atom stereocenters. The molecule has 0 saturated carbocycles. The van der Waals surface area contributed by atoms with Gasteiger partial charge in [-0.2, -0.15) is 0 Å². The average Bonchev–Trinajstić information content (AvgIpc) is 2.79. The van der Waals surface area contributed by atoms with Crippen molar-refractivity contribution in [3.05, 3.63) is 42.5 Å². The molecule has 0 saturated heterocycles. The van der Waals surface area contributed by atoms with Crippen molar-refractivity contribution in [2.24, 2.45) is 0 Å². The first-order valence-electron chi connectivity index (χ1n) is 6.22. The van der Waals surface area contributed by atoms with Crippen molar-refractivity contribution in [2.75, 3.05) is 5.73 Å². The number of hydrogen-bond donors (Lipinski definition) is 2. The van der Waals surface area contributed by atoms with Crippen molar-refractivity contribution in [1.82, 2.24) is 14.3 Å². The number of anilines is 1. The molecule has 0 radical (unpaired) electrons. The molecule has 7 heteroatoms. The highest BCUT2D eigenvalue weighted by atomic mass is 32.2. The molecule has 6 nitrogen and oxygen atoms in total. The highest BCUT2D eigenvalue weighted by molar-refractivity contribution is 7.89. The van der Waals surface area contributed by atoms with Crippen LogP contribution in [0, 0.1) is 6.92 Å². The minimum Gasteiger partial charge on any atom is -0.398 e. The van der Waals surface area contributed by atoms with Gasteiger partial charge in [0.1, 0.15) is 4.90 Å². The van der Waals surface area contributed by atoms with E-state index >= 15 is 0 Å². The third-order valence-corrected chi connectivity index (χ3v) is 4.52. The summed E-state index contributed by atoms with van der Waals surface area (Å²) in [6.45, 7) is 4.16. The number of hydrogen-bond acceptors (Lipinski definition) is 4. The summed E-state index contributed by atoms with van der Waals surface area (Å²) < 4.78 is 29.0. The minimum atomic E-state index is -3.62. The normalized spacial score (nSPS) is 13.3. The maximum absolute atomic E-state index is 12.3. The molecule has 1 aromatic heterocycles. The Bertz CT molecular complexity index is 680. The molecule has 108 valence electrons. The number of imidazole rings is 1. The third-order valence-electron chi connectivity index (χ3n) is 2.86. The van der Waals surface area contributed by atoms with Gasteiger partial charge in [0.25, 0.3) is 0 Å². The van der Waals surface area contributed by atoms with Crippen molar-refractivity contribution in [3.8, 4) is 0 Å². The van der Waals surface area contributed by atoms with Gasteiger partial charge in [0, 0.05) is 25.0 Å². The summed E-state index contributed by atoms with van der Waals surface area (Å²) in [5, 5.41) is 0. The zero-order chi connectivity index (χ0) is 14.8. The fraction of sp³-hybridized carbons (Fsp3) is 0.308. The Morgan fingerprint density at radius 1 is 1.45 bits per heavy atom. The molecule has 0 spiro atoms. The van der Waals surface area contributed by atoms with Crippen LogP contribution in [-0.2, 0) is 16.6 Å². The van der Waals surface area contributed by atoms with Crippen molar-refractivity contribution >= 4 is 15.7 Å². The highest BCUT2D eigenvalue weighted by Crippen LogP contribution is 2.19. The monoisotopic (exact) mass is 294 g/mol. The first kappa shape index (κ1) is 14.5. The maximum atomic E-state index is 12.3. The van der Waals surface area contributed by atoms with Crippen LogP contribution in [0.1, 0.15) is 12.5 Å². The summed E-state index contributed by atoms with van der Waals surface area (Å²) in [4.78, 5) is 4.03. The second kappa shape index (κ2) is 5.64. The highest BCUT2D eigenvalue weighted by Gasteiger charge is 2.20. The Labute approximate surface area is 118 Å². The van der Waals surface area contributed by atoms with Gasteiger partial charge in [-0.05, 0) is 31.5 Å². The lowest BCUT2D eigenvalue weighted by atomic mass is 10.2. The van der Waals surface area contributed by atoms with E-state index in [1.165, 1.54) is 6.07 Å². The Balaban J connectivity index is 2.14. The molecule has 2 aromatic rings. The van der Waals surface area contributed by atoms with Gasteiger partial charge in [0.2, 0.25) is 10.0 Å². The Hall–Kier alpha value is -1.86. The largest absolute Gasteiger partial charge is 0.398 e. The summed E-state index contributed by atoms with van der Waals surface area (Å²) in [5.41, 5.74) is 6.97. The topological polar surface area (TPSA) is 90.0 Å². The van der Waals surface area contributed by atoms with E-state index in [1.807, 2.05) is 11.5 Å². The summed E-state index contributed by atoms with van der Waals surface area (Å²) in [6, 6.07) is 4.63. The number of aromatic nitrogens is 2. The lowest BCUT2D eigenvalue weighted by molar-refractivity contribution is 0.520. The molecule has 20 heavy (non-hydrogen) atoms. The number of aryl methyl sites for hydroxylation is 1. The Kier molecular flexibility index (Phi) is 4.10. The van der Waals surface area contributed by atoms with Gasteiger partial charge in [-0.3, -0.25) is 0 Å². The van der Waals surface area contributed by atoms with Gasteiger partial charge < -0.3 is 10.3 Å². The number of sulfonamides is 1. The van der Waals surface area contributed by atoms with E-state index in [4.69, 9.17) is 5.73 Å². The molecule has 0 amide bonds. The zero-order valence-corrected chi connectivity index (χ0v) is 12.3. The van der Waals surface area contributed by atoms with Crippen LogP contribution in [0.15, 0.2) is 41.8 Å². The van der Waals surface area contributed by atoms with Gasteiger partial charge in [-0.25, -0.2) is 18.1 Å². The quantitative estimate of drug-likeness (QED) is 0.809. The van der Waals surface area contributed by atoms with Crippen LogP contribution in [0.2, 0.25) is 0 Å². The van der Waals surface area contributed by atoms with Crippen LogP contribution in [0.4, 0.5) is 5.69 Å². The SMILES string of the molecule is Cc1ccc(S(=O)(=O)NC(C)Cn2ccnc2)c(N)c1. The number of nitrogens with two attached hydrogens (primary N) is 1.